The van der Waals surface area contributed by atoms with Gasteiger partial charge in [-0.3, -0.25) is 0 Å². The molecule has 1 aromatic heterocycles. The van der Waals surface area contributed by atoms with Crippen molar-refractivity contribution in [3.63, 3.8) is 0 Å². The monoisotopic (exact) mass is 345 g/mol. The first-order valence-corrected chi connectivity index (χ1v) is 7.15. The van der Waals surface area contributed by atoms with Crippen molar-refractivity contribution < 1.29 is 13.9 Å². The fourth-order valence-corrected chi connectivity index (χ4v) is 2.96. The van der Waals surface area contributed by atoms with E-state index in [0.29, 0.717) is 10.2 Å². The maximum absolute atomic E-state index is 13.5. The molecule has 0 aliphatic heterocycles. The number of benzene rings is 1. The zero-order chi connectivity index (χ0) is 14.0. The summed E-state index contributed by atoms with van der Waals surface area (Å²) in [6, 6.07) is 4.45. The Morgan fingerprint density at radius 3 is 2.58 bits per heavy atom. The number of hydrogen-bond acceptors (Lipinski definition) is 4. The van der Waals surface area contributed by atoms with Gasteiger partial charge in [0.25, 0.3) is 0 Å². The van der Waals surface area contributed by atoms with Crippen LogP contribution in [0.3, 0.4) is 0 Å². The van der Waals surface area contributed by atoms with Crippen LogP contribution in [0.5, 0.6) is 11.5 Å². The number of hydrogen-bond donors (Lipinski definition) is 1. The lowest BCUT2D eigenvalue weighted by Gasteiger charge is -2.15. The van der Waals surface area contributed by atoms with Gasteiger partial charge in [-0.25, -0.2) is 4.39 Å². The third-order valence-corrected chi connectivity index (χ3v) is 4.35. The smallest absolute Gasteiger partial charge is 0.141 e. The quantitative estimate of drug-likeness (QED) is 0.918. The van der Waals surface area contributed by atoms with Crippen molar-refractivity contribution in [1.29, 1.82) is 0 Å². The average molecular weight is 346 g/mol. The van der Waals surface area contributed by atoms with Crippen molar-refractivity contribution in [1.82, 2.24) is 0 Å². The number of halogens is 2. The van der Waals surface area contributed by atoms with E-state index in [1.165, 1.54) is 24.5 Å². The van der Waals surface area contributed by atoms with Crippen molar-refractivity contribution in [3.05, 3.63) is 44.3 Å². The first-order chi connectivity index (χ1) is 9.06. The highest BCUT2D eigenvalue weighted by Crippen LogP contribution is 2.36. The van der Waals surface area contributed by atoms with Crippen LogP contribution in [-0.4, -0.2) is 14.2 Å². The molecule has 102 valence electrons. The topological polar surface area (TPSA) is 44.5 Å². The zero-order valence-electron chi connectivity index (χ0n) is 10.4. The summed E-state index contributed by atoms with van der Waals surface area (Å²) in [4.78, 5) is 0.925. The molecule has 6 heteroatoms. The van der Waals surface area contributed by atoms with Gasteiger partial charge in [0.2, 0.25) is 0 Å². The Balaban J connectivity index is 2.42. The fraction of sp³-hybridized carbons (Fsp3) is 0.231. The molecule has 0 bridgehead atoms. The molecule has 0 aliphatic carbocycles. The van der Waals surface area contributed by atoms with Crippen molar-refractivity contribution in [2.24, 2.45) is 5.73 Å². The molecule has 3 nitrogen and oxygen atoms in total. The van der Waals surface area contributed by atoms with Crippen molar-refractivity contribution in [2.75, 3.05) is 14.2 Å². The van der Waals surface area contributed by atoms with Crippen molar-refractivity contribution in [3.8, 4) is 11.5 Å². The summed E-state index contributed by atoms with van der Waals surface area (Å²) < 4.78 is 24.2. The molecule has 2 rings (SSSR count). The molecule has 2 N–H and O–H groups in total. The lowest BCUT2D eigenvalue weighted by atomic mass is 10.0. The minimum absolute atomic E-state index is 0.363. The van der Waals surface area contributed by atoms with Crippen LogP contribution >= 0.6 is 27.3 Å². The SMILES string of the molecule is COc1csc(C(N)c2cc(Br)c(F)cc2OC)c1. The van der Waals surface area contributed by atoms with E-state index in [0.717, 1.165) is 16.2 Å². The van der Waals surface area contributed by atoms with E-state index in [1.54, 1.807) is 13.2 Å². The highest BCUT2D eigenvalue weighted by atomic mass is 79.9. The van der Waals surface area contributed by atoms with Gasteiger partial charge in [-0.2, -0.15) is 0 Å². The largest absolute Gasteiger partial charge is 0.496 e. The fourth-order valence-electron chi connectivity index (χ4n) is 1.72. The Kier molecular flexibility index (Phi) is 4.44. The molecule has 0 amide bonds. The molecule has 1 heterocycles. The molecular weight excluding hydrogens is 333 g/mol. The minimum atomic E-state index is -0.388. The molecule has 0 aliphatic rings. The predicted octanol–water partition coefficient (Wildman–Crippen LogP) is 3.72. The first kappa shape index (κ1) is 14.3. The van der Waals surface area contributed by atoms with Gasteiger partial charge in [-0.1, -0.05) is 0 Å². The van der Waals surface area contributed by atoms with Gasteiger partial charge < -0.3 is 15.2 Å². The Morgan fingerprint density at radius 2 is 2.00 bits per heavy atom. The molecular formula is C13H13BrFNO2S. The number of rotatable bonds is 4. The first-order valence-electron chi connectivity index (χ1n) is 5.47. The van der Waals surface area contributed by atoms with Crippen LogP contribution in [0.15, 0.2) is 28.1 Å². The van der Waals surface area contributed by atoms with Crippen LogP contribution in [-0.2, 0) is 0 Å². The normalized spacial score (nSPS) is 12.3. The molecule has 1 atom stereocenters. The maximum atomic E-state index is 13.5. The van der Waals surface area contributed by atoms with Gasteiger partial charge >= 0.3 is 0 Å². The van der Waals surface area contributed by atoms with E-state index in [-0.39, 0.29) is 11.9 Å². The molecule has 0 saturated heterocycles. The standard InChI is InChI=1S/C13H13BrFNO2S/c1-17-7-3-12(19-6-7)13(16)8-4-9(14)10(15)5-11(8)18-2/h3-6,13H,16H2,1-2H3. The Hall–Kier alpha value is -1.11. The Labute approximate surface area is 123 Å². The summed E-state index contributed by atoms with van der Waals surface area (Å²) in [7, 11) is 3.10. The summed E-state index contributed by atoms with van der Waals surface area (Å²) in [5.41, 5.74) is 6.93. The van der Waals surface area contributed by atoms with Crippen LogP contribution in [0, 0.1) is 5.82 Å². The second kappa shape index (κ2) is 5.90. The van der Waals surface area contributed by atoms with Crippen LogP contribution in [0.25, 0.3) is 0 Å². The molecule has 1 aromatic carbocycles. The van der Waals surface area contributed by atoms with Gasteiger partial charge in [0.15, 0.2) is 0 Å². The second-order valence-electron chi connectivity index (χ2n) is 3.87. The van der Waals surface area contributed by atoms with Gasteiger partial charge in [-0.15, -0.1) is 11.3 Å². The maximum Gasteiger partial charge on any atom is 0.141 e. The number of nitrogens with two attached hydrogens (primary N) is 1. The van der Waals surface area contributed by atoms with E-state index in [2.05, 4.69) is 15.9 Å². The van der Waals surface area contributed by atoms with E-state index in [1.807, 2.05) is 11.4 Å². The Morgan fingerprint density at radius 1 is 1.26 bits per heavy atom. The van der Waals surface area contributed by atoms with Crippen molar-refractivity contribution in [2.45, 2.75) is 6.04 Å². The van der Waals surface area contributed by atoms with Crippen LogP contribution < -0.4 is 15.2 Å². The summed E-state index contributed by atoms with van der Waals surface area (Å²) >= 11 is 4.65. The van der Waals surface area contributed by atoms with Gasteiger partial charge in [0.1, 0.15) is 17.3 Å². The van der Waals surface area contributed by atoms with E-state index >= 15 is 0 Å². The summed E-state index contributed by atoms with van der Waals surface area (Å²) in [5.74, 6) is 0.813. The lowest BCUT2D eigenvalue weighted by molar-refractivity contribution is 0.403. The van der Waals surface area contributed by atoms with Crippen LogP contribution in [0.4, 0.5) is 4.39 Å². The third kappa shape index (κ3) is 2.91. The summed E-state index contributed by atoms with van der Waals surface area (Å²) in [5, 5.41) is 1.88. The third-order valence-electron chi connectivity index (χ3n) is 2.75. The van der Waals surface area contributed by atoms with Crippen LogP contribution in [0.1, 0.15) is 16.5 Å². The lowest BCUT2D eigenvalue weighted by Crippen LogP contribution is -2.12. The van der Waals surface area contributed by atoms with Crippen molar-refractivity contribution >= 4 is 27.3 Å². The van der Waals surface area contributed by atoms with Gasteiger partial charge in [0.05, 0.1) is 24.7 Å². The molecule has 0 spiro atoms. The summed E-state index contributed by atoms with van der Waals surface area (Å²) in [6.07, 6.45) is 0. The zero-order valence-corrected chi connectivity index (χ0v) is 12.8. The highest BCUT2D eigenvalue weighted by Gasteiger charge is 2.18. The average Bonchev–Trinajstić information content (AvgIpc) is 2.89. The molecule has 1 unspecified atom stereocenters. The van der Waals surface area contributed by atoms with E-state index in [4.69, 9.17) is 15.2 Å². The van der Waals surface area contributed by atoms with Gasteiger partial charge in [-0.05, 0) is 28.1 Å². The molecule has 19 heavy (non-hydrogen) atoms. The Bertz CT molecular complexity index is 588. The molecule has 0 fully saturated rings. The minimum Gasteiger partial charge on any atom is -0.496 e. The second-order valence-corrected chi connectivity index (χ2v) is 5.67. The van der Waals surface area contributed by atoms with E-state index in [9.17, 15) is 4.39 Å². The highest BCUT2D eigenvalue weighted by molar-refractivity contribution is 9.10. The van der Waals surface area contributed by atoms with Crippen LogP contribution in [0.2, 0.25) is 0 Å². The number of thiophene rings is 1. The molecule has 0 radical (unpaired) electrons. The number of methoxy groups -OCH3 is 2. The van der Waals surface area contributed by atoms with E-state index < -0.39 is 0 Å². The molecule has 2 aromatic rings. The number of ether oxygens (including phenoxy) is 2. The molecule has 0 saturated carbocycles. The summed E-state index contributed by atoms with van der Waals surface area (Å²) in [6.45, 7) is 0. The predicted molar refractivity (Wildman–Crippen MR) is 77.6 cm³/mol. The van der Waals surface area contributed by atoms with Gasteiger partial charge in [0, 0.05) is 21.9 Å².